The van der Waals surface area contributed by atoms with E-state index in [0.29, 0.717) is 6.42 Å². The van der Waals surface area contributed by atoms with Crippen molar-refractivity contribution in [1.29, 1.82) is 0 Å². The van der Waals surface area contributed by atoms with Crippen LogP contribution in [0.15, 0.2) is 12.3 Å². The molecule has 4 heteroatoms. The molecule has 2 atom stereocenters. The third-order valence-corrected chi connectivity index (χ3v) is 3.85. The van der Waals surface area contributed by atoms with Crippen LogP contribution in [0.5, 0.6) is 0 Å². The van der Waals surface area contributed by atoms with Crippen molar-refractivity contribution in [2.24, 2.45) is 0 Å². The van der Waals surface area contributed by atoms with Crippen molar-refractivity contribution in [2.75, 3.05) is 7.11 Å². The Balaban J connectivity index is 2.15. The lowest BCUT2D eigenvalue weighted by Gasteiger charge is -2.35. The summed E-state index contributed by atoms with van der Waals surface area (Å²) in [6, 6.07) is 1.91. The Morgan fingerprint density at radius 3 is 3.21 bits per heavy atom. The number of methoxy groups -OCH3 is 1. The van der Waals surface area contributed by atoms with E-state index in [1.54, 1.807) is 13.3 Å². The van der Waals surface area contributed by atoms with Crippen LogP contribution in [0.4, 0.5) is 0 Å². The van der Waals surface area contributed by atoms with Crippen LogP contribution in [0.25, 0.3) is 0 Å². The van der Waals surface area contributed by atoms with Crippen molar-refractivity contribution in [2.45, 2.75) is 37.4 Å². The first-order valence-electron chi connectivity index (χ1n) is 4.91. The molecule has 0 bridgehead atoms. The van der Waals surface area contributed by atoms with Gasteiger partial charge >= 0.3 is 0 Å². The zero-order valence-corrected chi connectivity index (χ0v) is 9.09. The lowest BCUT2D eigenvalue weighted by atomic mass is 9.82. The van der Waals surface area contributed by atoms with Crippen molar-refractivity contribution >= 4 is 11.5 Å². The van der Waals surface area contributed by atoms with Crippen LogP contribution in [-0.2, 0) is 10.3 Å². The van der Waals surface area contributed by atoms with E-state index in [9.17, 15) is 5.11 Å². The molecule has 0 amide bonds. The van der Waals surface area contributed by atoms with Crippen molar-refractivity contribution in [3.8, 4) is 0 Å². The standard InChI is InChI=1S/C10H15NO2S/c1-13-8-3-2-5-10(12,7-8)9-4-6-11-14-9/h4,6,8,12H,2-3,5,7H2,1H3. The lowest BCUT2D eigenvalue weighted by Crippen LogP contribution is -2.35. The minimum atomic E-state index is -0.694. The van der Waals surface area contributed by atoms with Crippen molar-refractivity contribution in [1.82, 2.24) is 4.37 Å². The van der Waals surface area contributed by atoms with Crippen LogP contribution in [0.1, 0.15) is 30.6 Å². The monoisotopic (exact) mass is 213 g/mol. The van der Waals surface area contributed by atoms with Gasteiger partial charge in [-0.25, -0.2) is 4.37 Å². The quantitative estimate of drug-likeness (QED) is 0.816. The molecule has 78 valence electrons. The van der Waals surface area contributed by atoms with Gasteiger partial charge in [0.1, 0.15) is 5.60 Å². The van der Waals surface area contributed by atoms with E-state index in [1.807, 2.05) is 6.07 Å². The smallest absolute Gasteiger partial charge is 0.103 e. The van der Waals surface area contributed by atoms with Crippen LogP contribution in [0, 0.1) is 0 Å². The SMILES string of the molecule is COC1CCCC(O)(c2ccns2)C1. The predicted octanol–water partition coefficient (Wildman–Crippen LogP) is 1.92. The predicted molar refractivity (Wildman–Crippen MR) is 55.3 cm³/mol. The summed E-state index contributed by atoms with van der Waals surface area (Å²) < 4.78 is 9.34. The van der Waals surface area contributed by atoms with Crippen LogP contribution < -0.4 is 0 Å². The van der Waals surface area contributed by atoms with E-state index >= 15 is 0 Å². The number of aromatic nitrogens is 1. The highest BCUT2D eigenvalue weighted by molar-refractivity contribution is 7.05. The molecule has 1 N–H and O–H groups in total. The van der Waals surface area contributed by atoms with E-state index in [4.69, 9.17) is 4.74 Å². The molecule has 3 nitrogen and oxygen atoms in total. The highest BCUT2D eigenvalue weighted by Gasteiger charge is 2.37. The maximum Gasteiger partial charge on any atom is 0.103 e. The second kappa shape index (κ2) is 3.96. The Morgan fingerprint density at radius 1 is 1.71 bits per heavy atom. The highest BCUT2D eigenvalue weighted by Crippen LogP contribution is 2.39. The molecule has 0 saturated heterocycles. The van der Waals surface area contributed by atoms with E-state index < -0.39 is 5.60 Å². The Hall–Kier alpha value is -0.450. The minimum absolute atomic E-state index is 0.191. The van der Waals surface area contributed by atoms with Gasteiger partial charge in [0, 0.05) is 19.7 Å². The third kappa shape index (κ3) is 1.82. The second-order valence-electron chi connectivity index (χ2n) is 3.86. The summed E-state index contributed by atoms with van der Waals surface area (Å²) in [5.74, 6) is 0. The normalized spacial score (nSPS) is 33.1. The van der Waals surface area contributed by atoms with Gasteiger partial charge in [0.2, 0.25) is 0 Å². The Kier molecular flexibility index (Phi) is 2.85. The zero-order valence-electron chi connectivity index (χ0n) is 8.27. The average molecular weight is 213 g/mol. The minimum Gasteiger partial charge on any atom is -0.384 e. The molecule has 2 unspecified atom stereocenters. The molecule has 1 fully saturated rings. The van der Waals surface area contributed by atoms with Gasteiger partial charge in [0.25, 0.3) is 0 Å². The lowest BCUT2D eigenvalue weighted by molar-refractivity contribution is -0.0609. The summed E-state index contributed by atoms with van der Waals surface area (Å²) in [5.41, 5.74) is -0.694. The number of nitrogens with zero attached hydrogens (tertiary/aromatic N) is 1. The number of ether oxygens (including phenoxy) is 1. The summed E-state index contributed by atoms with van der Waals surface area (Å²) in [7, 11) is 1.71. The summed E-state index contributed by atoms with van der Waals surface area (Å²) in [6.07, 6.45) is 5.54. The molecule has 1 aliphatic carbocycles. The first-order valence-corrected chi connectivity index (χ1v) is 5.68. The molecule has 0 radical (unpaired) electrons. The first-order chi connectivity index (χ1) is 6.74. The van der Waals surface area contributed by atoms with Gasteiger partial charge in [0.15, 0.2) is 0 Å². The Bertz CT molecular complexity index is 288. The van der Waals surface area contributed by atoms with Crippen LogP contribution in [0.2, 0.25) is 0 Å². The van der Waals surface area contributed by atoms with E-state index in [0.717, 1.165) is 24.1 Å². The van der Waals surface area contributed by atoms with Gasteiger partial charge in [-0.2, -0.15) is 0 Å². The number of hydrogen-bond donors (Lipinski definition) is 1. The molecule has 0 aliphatic heterocycles. The summed E-state index contributed by atoms with van der Waals surface area (Å²) in [6.45, 7) is 0. The topological polar surface area (TPSA) is 42.4 Å². The van der Waals surface area contributed by atoms with Crippen molar-refractivity contribution in [3.63, 3.8) is 0 Å². The van der Waals surface area contributed by atoms with E-state index in [2.05, 4.69) is 4.37 Å². The number of aliphatic hydroxyl groups is 1. The van der Waals surface area contributed by atoms with Crippen molar-refractivity contribution < 1.29 is 9.84 Å². The molecule has 0 spiro atoms. The molecular formula is C10H15NO2S. The number of hydrogen-bond acceptors (Lipinski definition) is 4. The first kappa shape index (κ1) is 10.1. The van der Waals surface area contributed by atoms with Crippen LogP contribution >= 0.6 is 11.5 Å². The van der Waals surface area contributed by atoms with E-state index in [1.165, 1.54) is 11.5 Å². The maximum atomic E-state index is 10.4. The fourth-order valence-corrected chi connectivity index (χ4v) is 2.80. The molecule has 1 aromatic heterocycles. The maximum absolute atomic E-state index is 10.4. The largest absolute Gasteiger partial charge is 0.384 e. The molecule has 2 rings (SSSR count). The fraction of sp³-hybridized carbons (Fsp3) is 0.700. The van der Waals surface area contributed by atoms with Crippen molar-refractivity contribution in [3.05, 3.63) is 17.1 Å². The van der Waals surface area contributed by atoms with E-state index in [-0.39, 0.29) is 6.10 Å². The average Bonchev–Trinajstić information content (AvgIpc) is 2.71. The van der Waals surface area contributed by atoms with Gasteiger partial charge in [-0.1, -0.05) is 0 Å². The molecule has 1 aliphatic rings. The molecule has 1 heterocycles. The second-order valence-corrected chi connectivity index (χ2v) is 4.70. The Morgan fingerprint density at radius 2 is 2.57 bits per heavy atom. The van der Waals surface area contributed by atoms with Crippen LogP contribution in [0.3, 0.4) is 0 Å². The van der Waals surface area contributed by atoms with Gasteiger partial charge in [-0.05, 0) is 36.9 Å². The molecule has 1 aromatic rings. The fourth-order valence-electron chi connectivity index (χ4n) is 2.08. The zero-order chi connectivity index (χ0) is 10.0. The van der Waals surface area contributed by atoms with Gasteiger partial charge < -0.3 is 9.84 Å². The summed E-state index contributed by atoms with van der Waals surface area (Å²) >= 11 is 1.39. The third-order valence-electron chi connectivity index (χ3n) is 2.91. The van der Waals surface area contributed by atoms with Crippen LogP contribution in [-0.4, -0.2) is 22.7 Å². The summed E-state index contributed by atoms with van der Waals surface area (Å²) in [5, 5.41) is 10.4. The Labute approximate surface area is 87.9 Å². The van der Waals surface area contributed by atoms with Gasteiger partial charge in [0.05, 0.1) is 11.0 Å². The summed E-state index contributed by atoms with van der Waals surface area (Å²) in [4.78, 5) is 0.972. The molecule has 1 saturated carbocycles. The molecule has 14 heavy (non-hydrogen) atoms. The number of rotatable bonds is 2. The molecular weight excluding hydrogens is 198 g/mol. The van der Waals surface area contributed by atoms with Gasteiger partial charge in [-0.3, -0.25) is 0 Å². The van der Waals surface area contributed by atoms with Gasteiger partial charge in [-0.15, -0.1) is 0 Å². The molecule has 0 aromatic carbocycles. The highest BCUT2D eigenvalue weighted by atomic mass is 32.1.